The number of benzene rings is 2. The van der Waals surface area contributed by atoms with Gasteiger partial charge in [-0.2, -0.15) is 0 Å². The number of nitrogens with zero attached hydrogens (tertiary/aromatic N) is 1. The molecule has 22 heavy (non-hydrogen) atoms. The zero-order chi connectivity index (χ0) is 16.4. The number of aromatic nitrogens is 1. The van der Waals surface area contributed by atoms with Crippen LogP contribution in [-0.2, 0) is 18.3 Å². The molecule has 0 unspecified atom stereocenters. The first-order valence-electron chi connectivity index (χ1n) is 7.08. The van der Waals surface area contributed by atoms with Gasteiger partial charge in [0.05, 0.1) is 0 Å². The Morgan fingerprint density at radius 2 is 1.68 bits per heavy atom. The topological polar surface area (TPSA) is 39.1 Å². The second-order valence-electron chi connectivity index (χ2n) is 4.66. The largest absolute Gasteiger partial charge is 0.351 e. The molecule has 0 aliphatic heterocycles. The van der Waals surface area contributed by atoms with E-state index in [1.165, 1.54) is 16.5 Å². The molecule has 0 aliphatic rings. The van der Waals surface area contributed by atoms with Gasteiger partial charge in [0.2, 0.25) is 0 Å². The van der Waals surface area contributed by atoms with E-state index in [0.717, 1.165) is 18.3 Å². The van der Waals surface area contributed by atoms with E-state index in [0.29, 0.717) is 0 Å². The van der Waals surface area contributed by atoms with E-state index in [4.69, 9.17) is 4.79 Å². The van der Waals surface area contributed by atoms with Crippen LogP contribution in [0.2, 0.25) is 0 Å². The lowest BCUT2D eigenvalue weighted by molar-refractivity contribution is -0.0979. The molecule has 114 valence electrons. The highest BCUT2D eigenvalue weighted by Gasteiger charge is 2.00. The Labute approximate surface area is 131 Å². The van der Waals surface area contributed by atoms with Crippen molar-refractivity contribution >= 4 is 24.0 Å². The van der Waals surface area contributed by atoms with Gasteiger partial charge in [-0.15, -0.1) is 0 Å². The van der Waals surface area contributed by atoms with Crippen molar-refractivity contribution in [2.24, 2.45) is 7.05 Å². The first-order valence-corrected chi connectivity index (χ1v) is 7.08. The maximum atomic E-state index is 10.0. The number of aldehydes is 1. The normalized spacial score (nSPS) is 9.18. The van der Waals surface area contributed by atoms with Crippen molar-refractivity contribution in [2.45, 2.75) is 13.3 Å². The second kappa shape index (κ2) is 9.29. The fourth-order valence-electron chi connectivity index (χ4n) is 2.21. The lowest BCUT2D eigenvalue weighted by atomic mass is 10.1. The van der Waals surface area contributed by atoms with E-state index in [9.17, 15) is 4.79 Å². The lowest BCUT2D eigenvalue weighted by Crippen LogP contribution is -1.85. The summed E-state index contributed by atoms with van der Waals surface area (Å²) < 4.78 is 2.16. The third-order valence-corrected chi connectivity index (χ3v) is 3.33. The van der Waals surface area contributed by atoms with Crippen molar-refractivity contribution < 1.29 is 9.59 Å². The fraction of sp³-hybridized carbons (Fsp3) is 0.158. The quantitative estimate of drug-likeness (QED) is 0.669. The maximum absolute atomic E-state index is 10.0. The first kappa shape index (κ1) is 17.4. The number of hydrogen-bond acceptors (Lipinski definition) is 2. The van der Waals surface area contributed by atoms with Gasteiger partial charge in [0.1, 0.15) is 13.1 Å². The molecule has 3 heteroatoms. The number of carbonyl (C=O) groups is 2. The highest BCUT2D eigenvalue weighted by Crippen LogP contribution is 2.19. The molecule has 0 fully saturated rings. The van der Waals surface area contributed by atoms with Crippen LogP contribution in [0, 0.1) is 0 Å². The van der Waals surface area contributed by atoms with Gasteiger partial charge in [-0.05, 0) is 24.1 Å². The second-order valence-corrected chi connectivity index (χ2v) is 4.66. The minimum atomic E-state index is 0.729. The van der Waals surface area contributed by atoms with Crippen LogP contribution in [-0.4, -0.2) is 17.6 Å². The Kier molecular flexibility index (Phi) is 7.34. The van der Waals surface area contributed by atoms with Gasteiger partial charge in [0, 0.05) is 29.7 Å². The molecule has 3 rings (SSSR count). The van der Waals surface area contributed by atoms with Crippen LogP contribution in [0.3, 0.4) is 0 Å². The summed E-state index contributed by atoms with van der Waals surface area (Å²) in [6, 6.07) is 17.8. The van der Waals surface area contributed by atoms with Crippen LogP contribution in [0.15, 0.2) is 60.8 Å². The van der Waals surface area contributed by atoms with Gasteiger partial charge in [0.15, 0.2) is 0 Å². The molecule has 0 spiro atoms. The van der Waals surface area contributed by atoms with E-state index in [2.05, 4.69) is 49.0 Å². The fourth-order valence-corrected chi connectivity index (χ4v) is 2.21. The van der Waals surface area contributed by atoms with E-state index in [1.54, 1.807) is 12.1 Å². The summed E-state index contributed by atoms with van der Waals surface area (Å²) in [4.78, 5) is 18.0. The van der Waals surface area contributed by atoms with Crippen LogP contribution < -0.4 is 0 Å². The van der Waals surface area contributed by atoms with Crippen LogP contribution in [0.4, 0.5) is 0 Å². The lowest BCUT2D eigenvalue weighted by Gasteiger charge is -1.99. The average molecular weight is 295 g/mol. The van der Waals surface area contributed by atoms with Gasteiger partial charge in [-0.3, -0.25) is 4.79 Å². The van der Waals surface area contributed by atoms with Crippen LogP contribution in [0.5, 0.6) is 0 Å². The molecular formula is C19H21NO2. The molecule has 2 aromatic carbocycles. The minimum absolute atomic E-state index is 0.729. The van der Waals surface area contributed by atoms with Gasteiger partial charge >= 0.3 is 0 Å². The van der Waals surface area contributed by atoms with E-state index >= 15 is 0 Å². The Morgan fingerprint density at radius 1 is 1.00 bits per heavy atom. The molecular weight excluding hydrogens is 274 g/mol. The maximum Gasteiger partial charge on any atom is 0.150 e. The predicted octanol–water partition coefficient (Wildman–Crippen LogP) is 4.05. The predicted molar refractivity (Wildman–Crippen MR) is 91.2 cm³/mol. The van der Waals surface area contributed by atoms with Crippen molar-refractivity contribution in [3.05, 3.63) is 71.9 Å². The number of carbonyl (C=O) groups excluding carboxylic acids is 2. The monoisotopic (exact) mass is 295 g/mol. The smallest absolute Gasteiger partial charge is 0.150 e. The van der Waals surface area contributed by atoms with Gasteiger partial charge in [-0.1, -0.05) is 49.4 Å². The molecule has 0 amide bonds. The highest BCUT2D eigenvalue weighted by molar-refractivity contribution is 5.83. The highest BCUT2D eigenvalue weighted by atomic mass is 16.1. The number of hydrogen-bond donors (Lipinski definition) is 0. The molecule has 0 bridgehead atoms. The molecule has 0 radical (unpaired) electrons. The van der Waals surface area contributed by atoms with Gasteiger partial charge in [-0.25, -0.2) is 0 Å². The summed E-state index contributed by atoms with van der Waals surface area (Å²) in [5, 5.41) is 1.39. The third-order valence-electron chi connectivity index (χ3n) is 3.33. The standard InChI is InChI=1S/C11H13N.C7H6O.CH2O/c1-3-9-5-4-6-11-10(9)7-8-12(11)2;8-6-7-4-2-1-3-5-7;1-2/h4-8H,3H2,1-2H3;1-6H;1H2. The summed E-state index contributed by atoms with van der Waals surface area (Å²) in [5.41, 5.74) is 3.50. The summed E-state index contributed by atoms with van der Waals surface area (Å²) >= 11 is 0. The van der Waals surface area contributed by atoms with Crippen LogP contribution >= 0.6 is 0 Å². The van der Waals surface area contributed by atoms with Crippen molar-refractivity contribution in [1.82, 2.24) is 4.57 Å². The molecule has 0 aliphatic carbocycles. The Hall–Kier alpha value is -2.68. The Bertz CT molecular complexity index is 702. The van der Waals surface area contributed by atoms with Crippen molar-refractivity contribution in [1.29, 1.82) is 0 Å². The third kappa shape index (κ3) is 4.42. The number of rotatable bonds is 2. The summed E-state index contributed by atoms with van der Waals surface area (Å²) in [6.45, 7) is 4.20. The molecule has 0 saturated carbocycles. The van der Waals surface area contributed by atoms with E-state index < -0.39 is 0 Å². The zero-order valence-electron chi connectivity index (χ0n) is 13.0. The molecule has 1 aromatic heterocycles. The van der Waals surface area contributed by atoms with Crippen LogP contribution in [0.25, 0.3) is 10.9 Å². The molecule has 1 heterocycles. The van der Waals surface area contributed by atoms with Crippen LogP contribution in [0.1, 0.15) is 22.8 Å². The number of fused-ring (bicyclic) bond motifs is 1. The van der Waals surface area contributed by atoms with Crippen molar-refractivity contribution in [3.63, 3.8) is 0 Å². The van der Waals surface area contributed by atoms with Crippen molar-refractivity contribution in [2.75, 3.05) is 0 Å². The summed E-state index contributed by atoms with van der Waals surface area (Å²) in [7, 11) is 2.09. The van der Waals surface area contributed by atoms with Gasteiger partial charge in [0.25, 0.3) is 0 Å². The molecule has 0 saturated heterocycles. The van der Waals surface area contributed by atoms with E-state index in [1.807, 2.05) is 25.0 Å². The summed E-state index contributed by atoms with van der Waals surface area (Å²) in [6.07, 6.45) is 4.06. The number of aryl methyl sites for hydroxylation is 2. The zero-order valence-corrected chi connectivity index (χ0v) is 13.0. The molecule has 0 atom stereocenters. The Balaban J connectivity index is 0.000000211. The SMILES string of the molecule is C=O.CCc1cccc2c1ccn2C.O=Cc1ccccc1. The Morgan fingerprint density at radius 3 is 2.23 bits per heavy atom. The molecule has 3 nitrogen and oxygen atoms in total. The van der Waals surface area contributed by atoms with Gasteiger partial charge < -0.3 is 9.36 Å². The van der Waals surface area contributed by atoms with Crippen molar-refractivity contribution in [3.8, 4) is 0 Å². The first-order chi connectivity index (χ1) is 10.8. The summed E-state index contributed by atoms with van der Waals surface area (Å²) in [5.74, 6) is 0. The molecule has 3 aromatic rings. The van der Waals surface area contributed by atoms with E-state index in [-0.39, 0.29) is 0 Å². The molecule has 0 N–H and O–H groups in total. The average Bonchev–Trinajstić information content (AvgIpc) is 2.99. The minimum Gasteiger partial charge on any atom is -0.351 e.